The second-order valence-electron chi connectivity index (χ2n) is 7.32. The van der Waals surface area contributed by atoms with Gasteiger partial charge < -0.3 is 14.6 Å². The molecule has 0 saturated carbocycles. The Hall–Kier alpha value is -3.61. The summed E-state index contributed by atoms with van der Waals surface area (Å²) in [6, 6.07) is 5.76. The van der Waals surface area contributed by atoms with Gasteiger partial charge in [0.1, 0.15) is 23.0 Å². The number of aromatic hydroxyl groups is 1. The molecule has 0 fully saturated rings. The number of pyridine rings is 1. The minimum atomic E-state index is -4.88. The van der Waals surface area contributed by atoms with Gasteiger partial charge in [-0.3, -0.25) is 9.36 Å². The zero-order chi connectivity index (χ0) is 26.0. The number of aromatic nitrogens is 3. The van der Waals surface area contributed by atoms with Crippen molar-refractivity contribution in [1.82, 2.24) is 14.5 Å². The van der Waals surface area contributed by atoms with Crippen molar-refractivity contribution in [2.45, 2.75) is 42.3 Å². The topological polar surface area (TPSA) is 121 Å². The summed E-state index contributed by atoms with van der Waals surface area (Å²) in [4.78, 5) is 19.8. The Bertz CT molecular complexity index is 1370. The van der Waals surface area contributed by atoms with Crippen LogP contribution in [-0.4, -0.2) is 42.3 Å². The average molecular weight is 513 g/mol. The van der Waals surface area contributed by atoms with Gasteiger partial charge in [-0.25, -0.2) is 13.4 Å². The third-order valence-corrected chi connectivity index (χ3v) is 6.77. The highest BCUT2D eigenvalue weighted by atomic mass is 32.2. The van der Waals surface area contributed by atoms with Crippen LogP contribution in [0.5, 0.6) is 17.4 Å². The van der Waals surface area contributed by atoms with E-state index in [1.54, 1.807) is 6.07 Å². The largest absolute Gasteiger partial charge is 0.494 e. The number of nitrogens with zero attached hydrogens (tertiary/aromatic N) is 3. The van der Waals surface area contributed by atoms with Crippen molar-refractivity contribution in [3.8, 4) is 23.1 Å². The number of hydrogen-bond donors (Lipinski definition) is 1. The van der Waals surface area contributed by atoms with Gasteiger partial charge in [-0.1, -0.05) is 19.4 Å². The number of rotatable bonds is 8. The Kier molecular flexibility index (Phi) is 7.38. The maximum Gasteiger partial charge on any atom is 0.417 e. The number of alkyl halides is 3. The second-order valence-corrected chi connectivity index (χ2v) is 9.16. The van der Waals surface area contributed by atoms with E-state index < -0.39 is 42.9 Å². The molecule has 0 radical (unpaired) electrons. The first-order valence-electron chi connectivity index (χ1n) is 10.3. The lowest BCUT2D eigenvalue weighted by atomic mass is 10.2. The van der Waals surface area contributed by atoms with E-state index in [9.17, 15) is 31.5 Å². The summed E-state index contributed by atoms with van der Waals surface area (Å²) in [6.45, 7) is 1.89. The highest BCUT2D eigenvalue weighted by Crippen LogP contribution is 2.34. The van der Waals surface area contributed by atoms with Crippen molar-refractivity contribution in [2.75, 3.05) is 14.2 Å². The Balaban J connectivity index is 2.34. The molecule has 0 aliphatic rings. The molecule has 1 N–H and O–H groups in total. The van der Waals surface area contributed by atoms with E-state index in [4.69, 9.17) is 9.47 Å². The molecule has 0 aliphatic carbocycles. The van der Waals surface area contributed by atoms with Crippen molar-refractivity contribution in [3.63, 3.8) is 0 Å². The van der Waals surface area contributed by atoms with Gasteiger partial charge in [-0.2, -0.15) is 18.2 Å². The van der Waals surface area contributed by atoms with Crippen LogP contribution in [-0.2, 0) is 22.4 Å². The molecular weight excluding hydrogens is 491 g/mol. The quantitative estimate of drug-likeness (QED) is 0.486. The van der Waals surface area contributed by atoms with Gasteiger partial charge in [0.2, 0.25) is 20.6 Å². The monoisotopic (exact) mass is 513 g/mol. The third kappa shape index (κ3) is 4.94. The van der Waals surface area contributed by atoms with E-state index in [1.165, 1.54) is 26.4 Å². The number of aryl methyl sites for hydroxylation is 1. The van der Waals surface area contributed by atoms with Crippen molar-refractivity contribution >= 4 is 9.84 Å². The lowest BCUT2D eigenvalue weighted by Gasteiger charge is -2.19. The molecule has 0 unspecified atom stereocenters. The molecular formula is C22H22F3N3O6S. The van der Waals surface area contributed by atoms with Gasteiger partial charge in [0.15, 0.2) is 5.03 Å². The number of sulfone groups is 1. The lowest BCUT2D eigenvalue weighted by Crippen LogP contribution is -2.30. The Morgan fingerprint density at radius 2 is 1.71 bits per heavy atom. The summed E-state index contributed by atoms with van der Waals surface area (Å²) in [6.07, 6.45) is -2.97. The molecule has 0 spiro atoms. The third-order valence-electron chi connectivity index (χ3n) is 5.08. The molecule has 3 aromatic rings. The molecule has 9 nitrogen and oxygen atoms in total. The summed E-state index contributed by atoms with van der Waals surface area (Å²) in [7, 11) is -2.20. The molecule has 1 aromatic carbocycles. The van der Waals surface area contributed by atoms with Crippen LogP contribution in [0.15, 0.2) is 51.2 Å². The summed E-state index contributed by atoms with van der Waals surface area (Å²) in [5.74, 6) is -0.732. The standard InChI is InChI=1S/C22H22F3N3O6S/c1-4-5-9-16-27-20(29)19(35(31,32)17-11-10-13(12-26-17)22(23,24)25)21(30)28(16)18-14(33-2)7-6-8-15(18)34-3/h6-8,10-12,29H,4-5,9H2,1-3H3. The predicted molar refractivity (Wildman–Crippen MR) is 118 cm³/mol. The van der Waals surface area contributed by atoms with Crippen molar-refractivity contribution in [3.05, 3.63) is 58.3 Å². The molecule has 0 amide bonds. The number of hydrogen-bond acceptors (Lipinski definition) is 8. The normalized spacial score (nSPS) is 11.9. The molecule has 188 valence electrons. The predicted octanol–water partition coefficient (Wildman–Crippen LogP) is 3.54. The minimum Gasteiger partial charge on any atom is -0.494 e. The smallest absolute Gasteiger partial charge is 0.417 e. The van der Waals surface area contributed by atoms with E-state index in [2.05, 4.69) is 9.97 Å². The molecule has 0 aliphatic heterocycles. The van der Waals surface area contributed by atoms with Crippen LogP contribution in [0.4, 0.5) is 13.2 Å². The Morgan fingerprint density at radius 3 is 2.20 bits per heavy atom. The number of para-hydroxylation sites is 1. The highest BCUT2D eigenvalue weighted by molar-refractivity contribution is 7.91. The molecule has 3 rings (SSSR count). The van der Waals surface area contributed by atoms with Crippen LogP contribution in [0.25, 0.3) is 5.69 Å². The van der Waals surface area contributed by atoms with Gasteiger partial charge in [0.25, 0.3) is 5.56 Å². The van der Waals surface area contributed by atoms with E-state index in [0.29, 0.717) is 31.2 Å². The second kappa shape index (κ2) is 9.94. The number of halogens is 3. The first kappa shape index (κ1) is 26.0. The van der Waals surface area contributed by atoms with Gasteiger partial charge in [0.05, 0.1) is 19.8 Å². The van der Waals surface area contributed by atoms with Crippen LogP contribution in [0.1, 0.15) is 31.2 Å². The van der Waals surface area contributed by atoms with Crippen molar-refractivity contribution < 1.29 is 36.2 Å². The fraction of sp³-hybridized carbons (Fsp3) is 0.318. The fourth-order valence-corrected chi connectivity index (χ4v) is 4.62. The van der Waals surface area contributed by atoms with Crippen LogP contribution in [0, 0.1) is 0 Å². The molecule has 0 saturated heterocycles. The first-order valence-corrected chi connectivity index (χ1v) is 11.8. The molecule has 2 heterocycles. The summed E-state index contributed by atoms with van der Waals surface area (Å²) < 4.78 is 76.8. The number of ether oxygens (including phenoxy) is 2. The number of benzene rings is 1. The van der Waals surface area contributed by atoms with Crippen LogP contribution < -0.4 is 15.0 Å². The Labute approximate surface area is 198 Å². The van der Waals surface area contributed by atoms with Gasteiger partial charge in [0, 0.05) is 12.6 Å². The van der Waals surface area contributed by atoms with Crippen LogP contribution in [0.3, 0.4) is 0 Å². The van der Waals surface area contributed by atoms with Crippen LogP contribution >= 0.6 is 0 Å². The van der Waals surface area contributed by atoms with Crippen molar-refractivity contribution in [1.29, 1.82) is 0 Å². The van der Waals surface area contributed by atoms with E-state index >= 15 is 0 Å². The van der Waals surface area contributed by atoms with E-state index in [-0.39, 0.29) is 29.4 Å². The summed E-state index contributed by atoms with van der Waals surface area (Å²) in [5, 5.41) is 9.64. The van der Waals surface area contributed by atoms with Crippen LogP contribution in [0.2, 0.25) is 0 Å². The summed E-state index contributed by atoms with van der Waals surface area (Å²) in [5.41, 5.74) is -2.31. The minimum absolute atomic E-state index is 0.0384. The first-order chi connectivity index (χ1) is 16.5. The highest BCUT2D eigenvalue weighted by Gasteiger charge is 2.35. The number of methoxy groups -OCH3 is 2. The maximum atomic E-state index is 13.6. The molecule has 13 heteroatoms. The molecule has 2 aromatic heterocycles. The molecule has 35 heavy (non-hydrogen) atoms. The Morgan fingerprint density at radius 1 is 1.09 bits per heavy atom. The zero-order valence-corrected chi connectivity index (χ0v) is 19.8. The van der Waals surface area contributed by atoms with Gasteiger partial charge in [-0.05, 0) is 30.7 Å². The van der Waals surface area contributed by atoms with Gasteiger partial charge in [-0.15, -0.1) is 0 Å². The SMILES string of the molecule is CCCCc1nc(O)c(S(=O)(=O)c2ccc(C(F)(F)F)cn2)c(=O)n1-c1c(OC)cccc1OC. The fourth-order valence-electron chi connectivity index (χ4n) is 3.37. The van der Waals surface area contributed by atoms with Gasteiger partial charge >= 0.3 is 6.18 Å². The number of unbranched alkanes of at least 4 members (excludes halogenated alkanes) is 1. The van der Waals surface area contributed by atoms with Crippen molar-refractivity contribution in [2.24, 2.45) is 0 Å². The lowest BCUT2D eigenvalue weighted by molar-refractivity contribution is -0.137. The molecule has 0 atom stereocenters. The summed E-state index contributed by atoms with van der Waals surface area (Å²) >= 11 is 0. The van der Waals surface area contributed by atoms with E-state index in [0.717, 1.165) is 4.57 Å². The molecule has 0 bridgehead atoms. The average Bonchev–Trinajstić information content (AvgIpc) is 2.81. The maximum absolute atomic E-state index is 13.6. The van der Waals surface area contributed by atoms with E-state index in [1.807, 2.05) is 6.92 Å². The zero-order valence-electron chi connectivity index (χ0n) is 19.0.